The number of ether oxygens (including phenoxy) is 1. The molecule has 3 aromatic rings. The molecule has 1 heterocycles. The molecule has 0 unspecified atom stereocenters. The van der Waals surface area contributed by atoms with Gasteiger partial charge in [-0.05, 0) is 36.8 Å². The van der Waals surface area contributed by atoms with Crippen LogP contribution in [0.3, 0.4) is 0 Å². The van der Waals surface area contributed by atoms with E-state index >= 15 is 0 Å². The van der Waals surface area contributed by atoms with Crippen molar-refractivity contribution in [1.29, 1.82) is 0 Å². The second-order valence-electron chi connectivity index (χ2n) is 5.65. The van der Waals surface area contributed by atoms with Crippen molar-refractivity contribution in [2.75, 3.05) is 13.7 Å². The van der Waals surface area contributed by atoms with E-state index in [4.69, 9.17) is 4.74 Å². The monoisotopic (exact) mass is 335 g/mol. The highest BCUT2D eigenvalue weighted by Crippen LogP contribution is 2.23. The van der Waals surface area contributed by atoms with Crippen molar-refractivity contribution in [2.45, 2.75) is 13.3 Å². The Morgan fingerprint density at radius 1 is 1.12 bits per heavy atom. The summed E-state index contributed by atoms with van der Waals surface area (Å²) in [5, 5.41) is 7.57. The first-order valence-corrected chi connectivity index (χ1v) is 8.31. The Morgan fingerprint density at radius 3 is 2.48 bits per heavy atom. The van der Waals surface area contributed by atoms with Crippen LogP contribution in [0.5, 0.6) is 5.75 Å². The van der Waals surface area contributed by atoms with Crippen molar-refractivity contribution in [3.05, 3.63) is 66.4 Å². The summed E-state index contributed by atoms with van der Waals surface area (Å²) in [6, 6.07) is 19.1. The van der Waals surface area contributed by atoms with Gasteiger partial charge in [-0.2, -0.15) is 5.10 Å². The molecular formula is C20H21N3O2. The van der Waals surface area contributed by atoms with Crippen LogP contribution in [0, 0.1) is 0 Å². The first kappa shape index (κ1) is 16.8. The number of hydrogen-bond donors (Lipinski definition) is 1. The smallest absolute Gasteiger partial charge is 0.270 e. The molecule has 2 aromatic carbocycles. The van der Waals surface area contributed by atoms with Crippen molar-refractivity contribution in [3.63, 3.8) is 0 Å². The average Bonchev–Trinajstić information content (AvgIpc) is 3.12. The number of amides is 1. The molecule has 25 heavy (non-hydrogen) atoms. The molecule has 5 nitrogen and oxygen atoms in total. The molecule has 0 bridgehead atoms. The second-order valence-corrected chi connectivity index (χ2v) is 5.65. The maximum absolute atomic E-state index is 12.6. The van der Waals surface area contributed by atoms with Gasteiger partial charge in [0.1, 0.15) is 11.4 Å². The Labute approximate surface area is 147 Å². The average molecular weight is 335 g/mol. The normalized spacial score (nSPS) is 10.5. The summed E-state index contributed by atoms with van der Waals surface area (Å²) in [5.41, 5.74) is 3.06. The van der Waals surface area contributed by atoms with E-state index in [2.05, 4.69) is 10.4 Å². The second kappa shape index (κ2) is 7.66. The number of hydrogen-bond acceptors (Lipinski definition) is 3. The summed E-state index contributed by atoms with van der Waals surface area (Å²) in [5.74, 6) is 0.628. The molecule has 1 aromatic heterocycles. The van der Waals surface area contributed by atoms with Gasteiger partial charge >= 0.3 is 0 Å². The fraction of sp³-hybridized carbons (Fsp3) is 0.200. The van der Waals surface area contributed by atoms with Gasteiger partial charge in [0.25, 0.3) is 5.91 Å². The zero-order chi connectivity index (χ0) is 17.6. The quantitative estimate of drug-likeness (QED) is 0.747. The molecule has 0 aliphatic heterocycles. The molecule has 3 rings (SSSR count). The Hall–Kier alpha value is -3.08. The van der Waals surface area contributed by atoms with E-state index in [1.807, 2.05) is 67.6 Å². The lowest BCUT2D eigenvalue weighted by Crippen LogP contribution is -2.26. The minimum atomic E-state index is -0.132. The minimum Gasteiger partial charge on any atom is -0.497 e. The van der Waals surface area contributed by atoms with Crippen LogP contribution in [0.1, 0.15) is 23.8 Å². The van der Waals surface area contributed by atoms with Crippen molar-refractivity contribution in [3.8, 4) is 22.7 Å². The molecule has 0 radical (unpaired) electrons. The van der Waals surface area contributed by atoms with Gasteiger partial charge in [-0.1, -0.05) is 37.3 Å². The van der Waals surface area contributed by atoms with Gasteiger partial charge in [0, 0.05) is 12.1 Å². The first-order valence-electron chi connectivity index (χ1n) is 8.31. The standard InChI is InChI=1S/C20H21N3O2/c1-3-13-21-20(24)19-14-18(15-7-5-4-6-8-15)22-23(19)16-9-11-17(25-2)12-10-16/h4-12,14H,3,13H2,1-2H3,(H,21,24). The number of nitrogens with one attached hydrogen (secondary N) is 1. The van der Waals surface area contributed by atoms with Crippen molar-refractivity contribution < 1.29 is 9.53 Å². The molecule has 0 saturated heterocycles. The summed E-state index contributed by atoms with van der Waals surface area (Å²) in [6.45, 7) is 2.66. The van der Waals surface area contributed by atoms with E-state index < -0.39 is 0 Å². The number of benzene rings is 2. The Morgan fingerprint density at radius 2 is 1.84 bits per heavy atom. The highest BCUT2D eigenvalue weighted by molar-refractivity contribution is 5.94. The maximum Gasteiger partial charge on any atom is 0.270 e. The van der Waals surface area contributed by atoms with Crippen molar-refractivity contribution >= 4 is 5.91 Å². The van der Waals surface area contributed by atoms with Crippen LogP contribution in [-0.2, 0) is 0 Å². The molecular weight excluding hydrogens is 314 g/mol. The number of rotatable bonds is 6. The zero-order valence-corrected chi connectivity index (χ0v) is 14.4. The van der Waals surface area contributed by atoms with Gasteiger partial charge in [0.05, 0.1) is 18.5 Å². The van der Waals surface area contributed by atoms with Gasteiger partial charge in [-0.25, -0.2) is 4.68 Å². The van der Waals surface area contributed by atoms with E-state index in [-0.39, 0.29) is 5.91 Å². The molecule has 128 valence electrons. The largest absolute Gasteiger partial charge is 0.497 e. The Bertz CT molecular complexity index is 839. The van der Waals surface area contributed by atoms with Crippen LogP contribution in [0.15, 0.2) is 60.7 Å². The van der Waals surface area contributed by atoms with E-state index in [9.17, 15) is 4.79 Å². The lowest BCUT2D eigenvalue weighted by molar-refractivity contribution is 0.0946. The van der Waals surface area contributed by atoms with Crippen molar-refractivity contribution in [1.82, 2.24) is 15.1 Å². The van der Waals surface area contributed by atoms with Gasteiger partial charge in [0.15, 0.2) is 0 Å². The SMILES string of the molecule is CCCNC(=O)c1cc(-c2ccccc2)nn1-c1ccc(OC)cc1. The minimum absolute atomic E-state index is 0.132. The lowest BCUT2D eigenvalue weighted by Gasteiger charge is -2.08. The molecule has 5 heteroatoms. The fourth-order valence-corrected chi connectivity index (χ4v) is 2.54. The van der Waals surface area contributed by atoms with Crippen LogP contribution in [0.25, 0.3) is 16.9 Å². The summed E-state index contributed by atoms with van der Waals surface area (Å²) in [6.07, 6.45) is 0.883. The van der Waals surface area contributed by atoms with Crippen LogP contribution in [0.2, 0.25) is 0 Å². The number of carbonyl (C=O) groups is 1. The van der Waals surface area contributed by atoms with Crippen LogP contribution < -0.4 is 10.1 Å². The van der Waals surface area contributed by atoms with Crippen LogP contribution >= 0.6 is 0 Å². The summed E-state index contributed by atoms with van der Waals surface area (Å²) < 4.78 is 6.87. The number of carbonyl (C=O) groups excluding carboxylic acids is 1. The van der Waals surface area contributed by atoms with E-state index in [0.29, 0.717) is 12.2 Å². The summed E-state index contributed by atoms with van der Waals surface area (Å²) in [4.78, 5) is 12.6. The predicted octanol–water partition coefficient (Wildman–Crippen LogP) is 3.69. The molecule has 0 spiro atoms. The number of aromatic nitrogens is 2. The molecule has 0 atom stereocenters. The van der Waals surface area contributed by atoms with E-state index in [1.165, 1.54) is 0 Å². The van der Waals surface area contributed by atoms with Gasteiger partial charge in [-0.15, -0.1) is 0 Å². The van der Waals surface area contributed by atoms with E-state index in [1.54, 1.807) is 11.8 Å². The number of nitrogens with zero attached hydrogens (tertiary/aromatic N) is 2. The van der Waals surface area contributed by atoms with Gasteiger partial charge in [0.2, 0.25) is 0 Å². The summed E-state index contributed by atoms with van der Waals surface area (Å²) in [7, 11) is 1.63. The molecule has 1 N–H and O–H groups in total. The summed E-state index contributed by atoms with van der Waals surface area (Å²) >= 11 is 0. The first-order chi connectivity index (χ1) is 12.2. The lowest BCUT2D eigenvalue weighted by atomic mass is 10.1. The highest BCUT2D eigenvalue weighted by Gasteiger charge is 2.17. The predicted molar refractivity (Wildman–Crippen MR) is 98.2 cm³/mol. The molecule has 0 aliphatic carbocycles. The third-order valence-electron chi connectivity index (χ3n) is 3.86. The van der Waals surface area contributed by atoms with Crippen LogP contribution in [-0.4, -0.2) is 29.3 Å². The van der Waals surface area contributed by atoms with Crippen LogP contribution in [0.4, 0.5) is 0 Å². The highest BCUT2D eigenvalue weighted by atomic mass is 16.5. The third-order valence-corrected chi connectivity index (χ3v) is 3.86. The van der Waals surface area contributed by atoms with E-state index in [0.717, 1.165) is 29.1 Å². The fourth-order valence-electron chi connectivity index (χ4n) is 2.54. The van der Waals surface area contributed by atoms with Gasteiger partial charge < -0.3 is 10.1 Å². The van der Waals surface area contributed by atoms with Gasteiger partial charge in [-0.3, -0.25) is 4.79 Å². The molecule has 0 saturated carbocycles. The topological polar surface area (TPSA) is 56.2 Å². The Kier molecular flexibility index (Phi) is 5.14. The zero-order valence-electron chi connectivity index (χ0n) is 14.4. The maximum atomic E-state index is 12.6. The molecule has 0 aliphatic rings. The Balaban J connectivity index is 2.04. The third kappa shape index (κ3) is 3.71. The molecule has 1 amide bonds. The number of methoxy groups -OCH3 is 1. The van der Waals surface area contributed by atoms with Crippen molar-refractivity contribution in [2.24, 2.45) is 0 Å². The molecule has 0 fully saturated rings.